The molecule has 5 heteroatoms. The molecule has 3 aromatic carbocycles. The Hall–Kier alpha value is -2.98. The van der Waals surface area contributed by atoms with Gasteiger partial charge in [-0.2, -0.15) is 0 Å². The number of nitrogens with one attached hydrogen (secondary N) is 1. The first-order valence-corrected chi connectivity index (χ1v) is 10.6. The van der Waals surface area contributed by atoms with Gasteiger partial charge in [0.1, 0.15) is 5.75 Å². The SMILES string of the molecule is COc1ccc([C@H]2Oc3ccc(Cl)cc3-c3ccc4c(c32)C(C)=CC(C)(C)N4)cc1F. The van der Waals surface area contributed by atoms with Crippen molar-refractivity contribution in [2.75, 3.05) is 12.4 Å². The van der Waals surface area contributed by atoms with E-state index in [0.29, 0.717) is 5.02 Å². The van der Waals surface area contributed by atoms with Crippen LogP contribution in [0.3, 0.4) is 0 Å². The molecule has 2 aliphatic rings. The van der Waals surface area contributed by atoms with Gasteiger partial charge in [0.2, 0.25) is 0 Å². The predicted octanol–water partition coefficient (Wildman–Crippen LogP) is 7.24. The number of benzene rings is 3. The molecule has 0 radical (unpaired) electrons. The van der Waals surface area contributed by atoms with Gasteiger partial charge in [-0.25, -0.2) is 4.39 Å². The second-order valence-electron chi connectivity index (χ2n) is 8.66. The average Bonchev–Trinajstić information content (AvgIpc) is 2.71. The highest BCUT2D eigenvalue weighted by atomic mass is 35.5. The monoisotopic (exact) mass is 435 g/mol. The zero-order valence-electron chi connectivity index (χ0n) is 17.8. The molecule has 0 aromatic heterocycles. The third-order valence-corrected chi connectivity index (χ3v) is 6.13. The first-order chi connectivity index (χ1) is 14.8. The summed E-state index contributed by atoms with van der Waals surface area (Å²) in [5, 5.41) is 4.25. The van der Waals surface area contributed by atoms with Crippen molar-refractivity contribution >= 4 is 22.9 Å². The number of anilines is 1. The van der Waals surface area contributed by atoms with E-state index in [4.69, 9.17) is 21.1 Å². The van der Waals surface area contributed by atoms with E-state index in [2.05, 4.69) is 44.3 Å². The minimum Gasteiger partial charge on any atom is -0.494 e. The maximum Gasteiger partial charge on any atom is 0.165 e. The molecular formula is C26H23ClFNO2. The average molecular weight is 436 g/mol. The molecule has 0 saturated heterocycles. The van der Waals surface area contributed by atoms with Gasteiger partial charge >= 0.3 is 0 Å². The Bertz CT molecular complexity index is 1250. The number of methoxy groups -OCH3 is 1. The van der Waals surface area contributed by atoms with Crippen LogP contribution < -0.4 is 14.8 Å². The normalized spacial score (nSPS) is 18.0. The Morgan fingerprint density at radius 3 is 2.61 bits per heavy atom. The fraction of sp³-hybridized carbons (Fsp3) is 0.231. The van der Waals surface area contributed by atoms with E-state index in [9.17, 15) is 4.39 Å². The minimum atomic E-state index is -0.467. The summed E-state index contributed by atoms with van der Waals surface area (Å²) in [6.07, 6.45) is 1.75. The van der Waals surface area contributed by atoms with Crippen LogP contribution in [0.25, 0.3) is 16.7 Å². The topological polar surface area (TPSA) is 30.5 Å². The van der Waals surface area contributed by atoms with Crippen molar-refractivity contribution in [2.45, 2.75) is 32.4 Å². The van der Waals surface area contributed by atoms with E-state index in [-0.39, 0.29) is 11.3 Å². The van der Waals surface area contributed by atoms with Crippen LogP contribution in [0.15, 0.2) is 54.6 Å². The molecule has 2 aliphatic heterocycles. The highest BCUT2D eigenvalue weighted by Crippen LogP contribution is 2.51. The van der Waals surface area contributed by atoms with Crippen LogP contribution in [0.4, 0.5) is 10.1 Å². The van der Waals surface area contributed by atoms with Gasteiger partial charge in [0.25, 0.3) is 0 Å². The van der Waals surface area contributed by atoms with Crippen LogP contribution in [-0.2, 0) is 0 Å². The van der Waals surface area contributed by atoms with E-state index >= 15 is 0 Å². The molecule has 0 aliphatic carbocycles. The number of halogens is 2. The molecular weight excluding hydrogens is 413 g/mol. The highest BCUT2D eigenvalue weighted by Gasteiger charge is 2.34. The van der Waals surface area contributed by atoms with Crippen LogP contribution in [0.2, 0.25) is 5.02 Å². The molecule has 1 N–H and O–H groups in total. The summed E-state index contributed by atoms with van der Waals surface area (Å²) in [6.45, 7) is 6.39. The molecule has 158 valence electrons. The van der Waals surface area contributed by atoms with Crippen LogP contribution in [0.5, 0.6) is 11.5 Å². The standard InChI is InChI=1S/C26H23ClFNO2/c1-14-13-26(2,3)29-20-8-7-17-18-12-16(27)6-10-21(18)31-25(24(17)23(14)20)15-5-9-22(30-4)19(28)11-15/h5-13,25,29H,1-4H3/t25-/m1/s1. The lowest BCUT2D eigenvalue weighted by Crippen LogP contribution is -2.32. The summed E-state index contributed by atoms with van der Waals surface area (Å²) in [5.41, 5.74) is 6.83. The van der Waals surface area contributed by atoms with Gasteiger partial charge in [0.05, 0.1) is 12.6 Å². The number of fused-ring (bicyclic) bond motifs is 5. The summed E-state index contributed by atoms with van der Waals surface area (Å²) in [6, 6.07) is 14.8. The van der Waals surface area contributed by atoms with Gasteiger partial charge in [0.15, 0.2) is 17.7 Å². The van der Waals surface area contributed by atoms with Crippen molar-refractivity contribution in [2.24, 2.45) is 0 Å². The van der Waals surface area contributed by atoms with E-state index in [1.165, 1.54) is 13.2 Å². The molecule has 0 unspecified atom stereocenters. The van der Waals surface area contributed by atoms with Crippen LogP contribution in [-0.4, -0.2) is 12.6 Å². The Morgan fingerprint density at radius 1 is 1.06 bits per heavy atom. The zero-order chi connectivity index (χ0) is 21.9. The quantitative estimate of drug-likeness (QED) is 0.460. The van der Waals surface area contributed by atoms with E-state index in [0.717, 1.165) is 44.8 Å². The second-order valence-corrected chi connectivity index (χ2v) is 9.09. The van der Waals surface area contributed by atoms with Crippen molar-refractivity contribution in [1.82, 2.24) is 0 Å². The van der Waals surface area contributed by atoms with E-state index in [1.807, 2.05) is 24.3 Å². The van der Waals surface area contributed by atoms with Crippen molar-refractivity contribution in [3.63, 3.8) is 0 Å². The third kappa shape index (κ3) is 3.26. The van der Waals surface area contributed by atoms with Crippen LogP contribution >= 0.6 is 11.6 Å². The van der Waals surface area contributed by atoms with Crippen molar-refractivity contribution in [3.8, 4) is 22.6 Å². The number of hydrogen-bond acceptors (Lipinski definition) is 3. The van der Waals surface area contributed by atoms with Crippen LogP contribution in [0.1, 0.15) is 43.6 Å². The Morgan fingerprint density at radius 2 is 1.87 bits per heavy atom. The lowest BCUT2D eigenvalue weighted by atomic mass is 9.80. The maximum atomic E-state index is 14.6. The van der Waals surface area contributed by atoms with Gasteiger partial charge in [-0.15, -0.1) is 0 Å². The van der Waals surface area contributed by atoms with Crippen LogP contribution in [0, 0.1) is 5.82 Å². The molecule has 0 fully saturated rings. The number of rotatable bonds is 2. The fourth-order valence-corrected chi connectivity index (χ4v) is 4.91. The first-order valence-electron chi connectivity index (χ1n) is 10.2. The fourth-order valence-electron chi connectivity index (χ4n) is 4.73. The number of ether oxygens (including phenoxy) is 2. The first kappa shape index (κ1) is 20.0. The molecule has 2 heterocycles. The molecule has 1 atom stereocenters. The summed E-state index contributed by atoms with van der Waals surface area (Å²) in [5.74, 6) is 0.522. The van der Waals surface area contributed by atoms with E-state index < -0.39 is 11.9 Å². The molecule has 5 rings (SSSR count). The van der Waals surface area contributed by atoms with Gasteiger partial charge in [-0.3, -0.25) is 0 Å². The minimum absolute atomic E-state index is 0.163. The third-order valence-electron chi connectivity index (χ3n) is 5.89. The van der Waals surface area contributed by atoms with Crippen molar-refractivity contribution in [1.29, 1.82) is 0 Å². The zero-order valence-corrected chi connectivity index (χ0v) is 18.6. The molecule has 3 nitrogen and oxygen atoms in total. The Labute approximate surface area is 186 Å². The molecule has 3 aromatic rings. The predicted molar refractivity (Wildman–Crippen MR) is 124 cm³/mol. The maximum absolute atomic E-state index is 14.6. The molecule has 31 heavy (non-hydrogen) atoms. The van der Waals surface area contributed by atoms with Gasteiger partial charge in [0, 0.05) is 33.0 Å². The van der Waals surface area contributed by atoms with Crippen molar-refractivity contribution in [3.05, 3.63) is 82.1 Å². The number of hydrogen-bond donors (Lipinski definition) is 1. The molecule has 0 amide bonds. The van der Waals surface area contributed by atoms with Gasteiger partial charge in [-0.1, -0.05) is 29.8 Å². The largest absolute Gasteiger partial charge is 0.494 e. The lowest BCUT2D eigenvalue weighted by molar-refractivity contribution is 0.242. The second kappa shape index (κ2) is 7.03. The molecule has 0 bridgehead atoms. The summed E-state index contributed by atoms with van der Waals surface area (Å²) in [7, 11) is 1.46. The molecule has 0 spiro atoms. The lowest BCUT2D eigenvalue weighted by Gasteiger charge is -2.37. The number of allylic oxidation sites excluding steroid dienone is 1. The smallest absolute Gasteiger partial charge is 0.165 e. The summed E-state index contributed by atoms with van der Waals surface area (Å²) in [4.78, 5) is 0. The van der Waals surface area contributed by atoms with Crippen molar-refractivity contribution < 1.29 is 13.9 Å². The Balaban J connectivity index is 1.79. The Kier molecular flexibility index (Phi) is 4.52. The van der Waals surface area contributed by atoms with Gasteiger partial charge < -0.3 is 14.8 Å². The van der Waals surface area contributed by atoms with Gasteiger partial charge in [-0.05, 0) is 68.3 Å². The summed E-state index contributed by atoms with van der Waals surface area (Å²) < 4.78 is 26.2. The highest BCUT2D eigenvalue weighted by molar-refractivity contribution is 6.31. The molecule has 0 saturated carbocycles. The summed E-state index contributed by atoms with van der Waals surface area (Å²) >= 11 is 6.32. The van der Waals surface area contributed by atoms with E-state index in [1.54, 1.807) is 6.07 Å².